The van der Waals surface area contributed by atoms with Crippen LogP contribution in [0.25, 0.3) is 0 Å². The highest BCUT2D eigenvalue weighted by Gasteiger charge is 2.41. The number of carbonyl (C=O) groups excluding carboxylic acids is 2. The molecule has 0 saturated carbocycles. The van der Waals surface area contributed by atoms with Gasteiger partial charge in [-0.1, -0.05) is 78.4 Å². The van der Waals surface area contributed by atoms with Gasteiger partial charge < -0.3 is 14.2 Å². The van der Waals surface area contributed by atoms with E-state index >= 15 is 0 Å². The molecular formula is C32H30N2O7. The highest BCUT2D eigenvalue weighted by atomic mass is 16.6. The van der Waals surface area contributed by atoms with Gasteiger partial charge in [0, 0.05) is 18.2 Å². The molecule has 4 aromatic rings. The number of nitrogens with zero attached hydrogens (tertiary/aromatic N) is 1. The largest absolute Gasteiger partial charge is 0.462 e. The summed E-state index contributed by atoms with van der Waals surface area (Å²) in [5.74, 6) is -1.73. The highest BCUT2D eigenvalue weighted by Crippen LogP contribution is 2.32. The lowest BCUT2D eigenvalue weighted by Crippen LogP contribution is -2.34. The molecule has 9 heteroatoms. The lowest BCUT2D eigenvalue weighted by atomic mass is 9.91. The molecule has 0 unspecified atom stereocenters. The number of aromatic nitrogens is 2. The third-order valence-electron chi connectivity index (χ3n) is 7.07. The average molecular weight is 555 g/mol. The number of aromatic amines is 1. The van der Waals surface area contributed by atoms with E-state index < -0.39 is 47.5 Å². The van der Waals surface area contributed by atoms with Crippen molar-refractivity contribution in [2.45, 2.75) is 44.6 Å². The summed E-state index contributed by atoms with van der Waals surface area (Å²) in [6.45, 7) is 3.27. The van der Waals surface area contributed by atoms with Gasteiger partial charge >= 0.3 is 17.6 Å². The van der Waals surface area contributed by atoms with Crippen molar-refractivity contribution >= 4 is 11.9 Å². The maximum absolute atomic E-state index is 13.5. The summed E-state index contributed by atoms with van der Waals surface area (Å²) >= 11 is 0. The number of rotatable bonds is 8. The van der Waals surface area contributed by atoms with Crippen molar-refractivity contribution in [3.8, 4) is 0 Å². The van der Waals surface area contributed by atoms with Crippen LogP contribution in [0, 0.1) is 13.8 Å². The van der Waals surface area contributed by atoms with Crippen LogP contribution >= 0.6 is 0 Å². The summed E-state index contributed by atoms with van der Waals surface area (Å²) in [5, 5.41) is 0. The van der Waals surface area contributed by atoms with E-state index in [9.17, 15) is 19.2 Å². The lowest BCUT2D eigenvalue weighted by molar-refractivity contribution is -0.151. The zero-order valence-corrected chi connectivity index (χ0v) is 22.7. The SMILES string of the molecule is Cc1ccc(C(=O)O[C@H]2C[C@H](n3cc(C)c(=O)[nH]c3=O)O[C@@H]2COC(=O)C(c2ccccc2)c2ccccc2)cc1. The van der Waals surface area contributed by atoms with Gasteiger partial charge in [0.2, 0.25) is 0 Å². The molecule has 0 radical (unpaired) electrons. The van der Waals surface area contributed by atoms with E-state index in [1.165, 1.54) is 10.8 Å². The molecule has 210 valence electrons. The summed E-state index contributed by atoms with van der Waals surface area (Å²) in [7, 11) is 0. The minimum atomic E-state index is -0.857. The van der Waals surface area contributed by atoms with E-state index in [4.69, 9.17) is 14.2 Å². The normalized spacial score (nSPS) is 18.3. The average Bonchev–Trinajstić information content (AvgIpc) is 3.37. The van der Waals surface area contributed by atoms with E-state index in [-0.39, 0.29) is 13.0 Å². The van der Waals surface area contributed by atoms with Crippen molar-refractivity contribution in [1.82, 2.24) is 9.55 Å². The van der Waals surface area contributed by atoms with E-state index in [1.54, 1.807) is 31.2 Å². The number of hydrogen-bond donors (Lipinski definition) is 1. The maximum atomic E-state index is 13.5. The summed E-state index contributed by atoms with van der Waals surface area (Å²) in [6, 6.07) is 25.5. The molecule has 0 aliphatic carbocycles. The number of esters is 2. The van der Waals surface area contributed by atoms with Gasteiger partial charge in [0.25, 0.3) is 5.56 Å². The highest BCUT2D eigenvalue weighted by molar-refractivity contribution is 5.89. The molecule has 1 aromatic heterocycles. The summed E-state index contributed by atoms with van der Waals surface area (Å²) in [6.07, 6.45) is -1.01. The van der Waals surface area contributed by atoms with Crippen LogP contribution in [0.4, 0.5) is 0 Å². The van der Waals surface area contributed by atoms with Crippen LogP contribution in [-0.2, 0) is 19.0 Å². The van der Waals surface area contributed by atoms with Gasteiger partial charge in [-0.3, -0.25) is 19.1 Å². The first-order valence-electron chi connectivity index (χ1n) is 13.3. The molecule has 1 saturated heterocycles. The second-order valence-electron chi connectivity index (χ2n) is 10.0. The van der Waals surface area contributed by atoms with Crippen LogP contribution in [-0.4, -0.2) is 40.3 Å². The van der Waals surface area contributed by atoms with Gasteiger partial charge in [0.1, 0.15) is 31.0 Å². The van der Waals surface area contributed by atoms with Gasteiger partial charge in [-0.2, -0.15) is 0 Å². The van der Waals surface area contributed by atoms with Crippen molar-refractivity contribution in [3.63, 3.8) is 0 Å². The quantitative estimate of drug-likeness (QED) is 0.327. The molecule has 3 aromatic carbocycles. The van der Waals surface area contributed by atoms with Crippen LogP contribution in [0.15, 0.2) is 101 Å². The molecule has 5 rings (SSSR count). The van der Waals surface area contributed by atoms with Crippen LogP contribution < -0.4 is 11.2 Å². The minimum Gasteiger partial charge on any atom is -0.462 e. The smallest absolute Gasteiger partial charge is 0.338 e. The van der Waals surface area contributed by atoms with Crippen molar-refractivity contribution < 1.29 is 23.8 Å². The Labute approximate surface area is 236 Å². The zero-order valence-electron chi connectivity index (χ0n) is 22.7. The molecule has 1 aliphatic rings. The van der Waals surface area contributed by atoms with Crippen LogP contribution in [0.1, 0.15) is 51.2 Å². The molecule has 1 N–H and O–H groups in total. The van der Waals surface area contributed by atoms with Crippen molar-refractivity contribution in [1.29, 1.82) is 0 Å². The first-order chi connectivity index (χ1) is 19.8. The number of nitrogens with one attached hydrogen (secondary N) is 1. The van der Waals surface area contributed by atoms with E-state index in [2.05, 4.69) is 4.98 Å². The third kappa shape index (κ3) is 6.36. The number of hydrogen-bond acceptors (Lipinski definition) is 7. The Hall–Kier alpha value is -4.76. The first-order valence-corrected chi connectivity index (χ1v) is 13.3. The number of ether oxygens (including phenoxy) is 3. The van der Waals surface area contributed by atoms with E-state index in [0.29, 0.717) is 11.1 Å². The van der Waals surface area contributed by atoms with Gasteiger partial charge in [-0.25, -0.2) is 9.59 Å². The fourth-order valence-corrected chi connectivity index (χ4v) is 4.84. The van der Waals surface area contributed by atoms with Crippen LogP contribution in [0.3, 0.4) is 0 Å². The van der Waals surface area contributed by atoms with Gasteiger partial charge in [-0.05, 0) is 37.1 Å². The molecule has 3 atom stereocenters. The van der Waals surface area contributed by atoms with Gasteiger partial charge in [0.15, 0.2) is 0 Å². The predicted molar refractivity (Wildman–Crippen MR) is 151 cm³/mol. The molecule has 9 nitrogen and oxygen atoms in total. The van der Waals surface area contributed by atoms with E-state index in [0.717, 1.165) is 16.7 Å². The fraction of sp³-hybridized carbons (Fsp3) is 0.250. The predicted octanol–water partition coefficient (Wildman–Crippen LogP) is 4.04. The molecule has 0 amide bonds. The maximum Gasteiger partial charge on any atom is 0.338 e. The van der Waals surface area contributed by atoms with Gasteiger partial charge in [-0.15, -0.1) is 0 Å². The molecule has 41 heavy (non-hydrogen) atoms. The molecule has 0 bridgehead atoms. The third-order valence-corrected chi connectivity index (χ3v) is 7.07. The molecule has 1 fully saturated rings. The molecular weight excluding hydrogens is 524 g/mol. The number of H-pyrrole nitrogens is 1. The van der Waals surface area contributed by atoms with Crippen molar-refractivity contribution in [2.75, 3.05) is 6.61 Å². The Kier molecular flexibility index (Phi) is 8.26. The van der Waals surface area contributed by atoms with E-state index in [1.807, 2.05) is 67.6 Å². The lowest BCUT2D eigenvalue weighted by Gasteiger charge is -2.21. The summed E-state index contributed by atoms with van der Waals surface area (Å²) < 4.78 is 19.0. The number of carbonyl (C=O) groups is 2. The molecule has 0 spiro atoms. The Balaban J connectivity index is 1.38. The summed E-state index contributed by atoms with van der Waals surface area (Å²) in [5.41, 5.74) is 2.07. The first kappa shape index (κ1) is 27.8. The van der Waals surface area contributed by atoms with Crippen LogP contribution in [0.2, 0.25) is 0 Å². The standard InChI is InChI=1S/C32H30N2O7/c1-20-13-15-24(16-14-20)30(36)41-25-17-27(34-18-21(2)29(35)33-32(34)38)40-26(25)19-39-31(37)28(22-9-5-3-6-10-22)23-11-7-4-8-12-23/h3-16,18,25-28H,17,19H2,1-2H3,(H,33,35,38)/t25-,26+,27+/m0/s1. The van der Waals surface area contributed by atoms with Gasteiger partial charge in [0.05, 0.1) is 5.56 Å². The van der Waals surface area contributed by atoms with Crippen LogP contribution in [0.5, 0.6) is 0 Å². The second kappa shape index (κ2) is 12.2. The Bertz CT molecular complexity index is 1590. The topological polar surface area (TPSA) is 117 Å². The molecule has 1 aliphatic heterocycles. The minimum absolute atomic E-state index is 0.117. The Morgan fingerprint density at radius 2 is 1.54 bits per heavy atom. The zero-order chi connectivity index (χ0) is 28.9. The number of benzene rings is 3. The monoisotopic (exact) mass is 554 g/mol. The van der Waals surface area contributed by atoms with Crippen molar-refractivity contribution in [3.05, 3.63) is 140 Å². The number of aryl methyl sites for hydroxylation is 2. The molecule has 2 heterocycles. The summed E-state index contributed by atoms with van der Waals surface area (Å²) in [4.78, 5) is 53.2. The Morgan fingerprint density at radius 3 is 2.15 bits per heavy atom. The van der Waals surface area contributed by atoms with Crippen molar-refractivity contribution in [2.24, 2.45) is 0 Å². The Morgan fingerprint density at radius 1 is 0.927 bits per heavy atom. The second-order valence-corrected chi connectivity index (χ2v) is 10.0. The fourth-order valence-electron chi connectivity index (χ4n) is 4.84.